The fourth-order valence-corrected chi connectivity index (χ4v) is 2.25. The van der Waals surface area contributed by atoms with Gasteiger partial charge in [0.2, 0.25) is 0 Å². The van der Waals surface area contributed by atoms with Gasteiger partial charge in [0, 0.05) is 4.47 Å². The number of rotatable bonds is 3. The summed E-state index contributed by atoms with van der Waals surface area (Å²) in [5, 5.41) is 9.35. The van der Waals surface area contributed by atoms with Crippen molar-refractivity contribution in [3.05, 3.63) is 34.3 Å². The van der Waals surface area contributed by atoms with Crippen LogP contribution in [-0.2, 0) is 10.2 Å². The Kier molecular flexibility index (Phi) is 2.59. The van der Waals surface area contributed by atoms with Crippen LogP contribution in [0.3, 0.4) is 0 Å². The Morgan fingerprint density at radius 1 is 1.40 bits per heavy atom. The van der Waals surface area contributed by atoms with Crippen LogP contribution in [0.1, 0.15) is 25.3 Å². The highest BCUT2D eigenvalue weighted by Gasteiger charge is 2.48. The molecular formula is C12H13BrO2. The van der Waals surface area contributed by atoms with E-state index in [0.29, 0.717) is 5.92 Å². The van der Waals surface area contributed by atoms with E-state index in [1.54, 1.807) is 0 Å². The maximum Gasteiger partial charge on any atom is 0.314 e. The molecule has 1 unspecified atom stereocenters. The Labute approximate surface area is 97.4 Å². The largest absolute Gasteiger partial charge is 0.481 e. The van der Waals surface area contributed by atoms with Crippen molar-refractivity contribution in [1.29, 1.82) is 0 Å². The summed E-state index contributed by atoms with van der Waals surface area (Å²) in [7, 11) is 0. The van der Waals surface area contributed by atoms with Gasteiger partial charge in [-0.15, -0.1) is 0 Å². The summed E-state index contributed by atoms with van der Waals surface area (Å²) < 4.78 is 0.981. The number of halogens is 1. The number of carboxylic acids is 1. The smallest absolute Gasteiger partial charge is 0.314 e. The molecule has 1 aromatic carbocycles. The minimum atomic E-state index is -0.715. The van der Waals surface area contributed by atoms with E-state index < -0.39 is 11.4 Å². The molecule has 0 aliphatic heterocycles. The zero-order chi connectivity index (χ0) is 11.1. The maximum absolute atomic E-state index is 11.4. The molecule has 1 aliphatic carbocycles. The Balaban J connectivity index is 2.40. The van der Waals surface area contributed by atoms with Crippen molar-refractivity contribution in [2.45, 2.75) is 25.2 Å². The van der Waals surface area contributed by atoms with Crippen LogP contribution in [-0.4, -0.2) is 11.1 Å². The molecule has 1 fully saturated rings. The molecule has 80 valence electrons. The summed E-state index contributed by atoms with van der Waals surface area (Å²) in [5.41, 5.74) is 0.196. The van der Waals surface area contributed by atoms with Crippen molar-refractivity contribution in [1.82, 2.24) is 0 Å². The Morgan fingerprint density at radius 3 is 2.33 bits per heavy atom. The van der Waals surface area contributed by atoms with Gasteiger partial charge in [-0.1, -0.05) is 28.1 Å². The van der Waals surface area contributed by atoms with Gasteiger partial charge >= 0.3 is 5.97 Å². The van der Waals surface area contributed by atoms with Gasteiger partial charge in [0.05, 0.1) is 5.41 Å². The van der Waals surface area contributed by atoms with E-state index in [9.17, 15) is 9.90 Å². The third-order valence-corrected chi connectivity index (χ3v) is 3.81. The summed E-state index contributed by atoms with van der Waals surface area (Å²) in [6.07, 6.45) is 2.05. The van der Waals surface area contributed by atoms with Crippen LogP contribution in [0.15, 0.2) is 28.7 Å². The highest BCUT2D eigenvalue weighted by atomic mass is 79.9. The van der Waals surface area contributed by atoms with E-state index in [0.717, 1.165) is 22.9 Å². The van der Waals surface area contributed by atoms with Crippen LogP contribution < -0.4 is 0 Å². The molecule has 0 heterocycles. The van der Waals surface area contributed by atoms with Gasteiger partial charge in [-0.05, 0) is 43.4 Å². The number of hydrogen-bond donors (Lipinski definition) is 1. The zero-order valence-electron chi connectivity index (χ0n) is 8.53. The minimum absolute atomic E-state index is 0.302. The lowest BCUT2D eigenvalue weighted by atomic mass is 9.78. The van der Waals surface area contributed by atoms with Crippen molar-refractivity contribution in [3.63, 3.8) is 0 Å². The van der Waals surface area contributed by atoms with Gasteiger partial charge in [0.15, 0.2) is 0 Å². The molecule has 0 saturated heterocycles. The van der Waals surface area contributed by atoms with E-state index in [1.165, 1.54) is 0 Å². The SMILES string of the molecule is CC(C(=O)O)(c1ccc(Br)cc1)C1CC1. The first-order valence-corrected chi connectivity index (χ1v) is 5.84. The van der Waals surface area contributed by atoms with E-state index in [4.69, 9.17) is 0 Å². The molecular weight excluding hydrogens is 256 g/mol. The first kappa shape index (κ1) is 10.7. The van der Waals surface area contributed by atoms with Crippen LogP contribution in [0.5, 0.6) is 0 Å². The second-order valence-corrected chi connectivity index (χ2v) is 5.20. The predicted octanol–water partition coefficient (Wildman–Crippen LogP) is 3.20. The molecule has 0 radical (unpaired) electrons. The molecule has 2 rings (SSSR count). The molecule has 3 heteroatoms. The van der Waals surface area contributed by atoms with Crippen molar-refractivity contribution >= 4 is 21.9 Å². The fourth-order valence-electron chi connectivity index (χ4n) is 1.99. The van der Waals surface area contributed by atoms with Crippen LogP contribution in [0.2, 0.25) is 0 Å². The first-order chi connectivity index (χ1) is 7.05. The van der Waals surface area contributed by atoms with Gasteiger partial charge in [-0.25, -0.2) is 0 Å². The van der Waals surface area contributed by atoms with Gasteiger partial charge in [-0.2, -0.15) is 0 Å². The molecule has 1 saturated carbocycles. The lowest BCUT2D eigenvalue weighted by molar-refractivity contribution is -0.144. The van der Waals surface area contributed by atoms with Crippen LogP contribution >= 0.6 is 15.9 Å². The first-order valence-electron chi connectivity index (χ1n) is 5.04. The standard InChI is InChI=1S/C12H13BrO2/c1-12(11(14)15,8-2-3-8)9-4-6-10(13)7-5-9/h4-8H,2-3H2,1H3,(H,14,15). The summed E-state index contributed by atoms with van der Waals surface area (Å²) >= 11 is 3.35. The summed E-state index contributed by atoms with van der Waals surface area (Å²) in [6, 6.07) is 7.60. The summed E-state index contributed by atoms with van der Waals surface area (Å²) in [4.78, 5) is 11.4. The summed E-state index contributed by atoms with van der Waals surface area (Å²) in [5.74, 6) is -0.413. The van der Waals surface area contributed by atoms with Crippen molar-refractivity contribution in [3.8, 4) is 0 Å². The van der Waals surface area contributed by atoms with Gasteiger partial charge < -0.3 is 5.11 Å². The fraction of sp³-hybridized carbons (Fsp3) is 0.417. The molecule has 1 aromatic rings. The maximum atomic E-state index is 11.4. The van der Waals surface area contributed by atoms with E-state index in [-0.39, 0.29) is 0 Å². The monoisotopic (exact) mass is 268 g/mol. The molecule has 2 nitrogen and oxygen atoms in total. The van der Waals surface area contributed by atoms with Gasteiger partial charge in [0.25, 0.3) is 0 Å². The Bertz CT molecular complexity index is 381. The average molecular weight is 269 g/mol. The number of benzene rings is 1. The number of aliphatic carboxylic acids is 1. The minimum Gasteiger partial charge on any atom is -0.481 e. The third kappa shape index (κ3) is 1.81. The molecule has 1 atom stereocenters. The Morgan fingerprint density at radius 2 is 1.93 bits per heavy atom. The van der Waals surface area contributed by atoms with Gasteiger partial charge in [-0.3, -0.25) is 4.79 Å². The highest BCUT2D eigenvalue weighted by Crippen LogP contribution is 2.47. The lowest BCUT2D eigenvalue weighted by Gasteiger charge is -2.25. The predicted molar refractivity (Wildman–Crippen MR) is 61.9 cm³/mol. The van der Waals surface area contributed by atoms with Crippen molar-refractivity contribution in [2.24, 2.45) is 5.92 Å². The van der Waals surface area contributed by atoms with Crippen LogP contribution in [0, 0.1) is 5.92 Å². The second kappa shape index (κ2) is 3.63. The van der Waals surface area contributed by atoms with Crippen LogP contribution in [0.4, 0.5) is 0 Å². The second-order valence-electron chi connectivity index (χ2n) is 4.29. The normalized spacial score (nSPS) is 19.6. The number of hydrogen-bond acceptors (Lipinski definition) is 1. The third-order valence-electron chi connectivity index (χ3n) is 3.28. The zero-order valence-corrected chi connectivity index (χ0v) is 10.1. The number of carbonyl (C=O) groups is 1. The van der Waals surface area contributed by atoms with E-state index >= 15 is 0 Å². The molecule has 1 aliphatic rings. The quantitative estimate of drug-likeness (QED) is 0.914. The lowest BCUT2D eigenvalue weighted by Crippen LogP contribution is -2.34. The van der Waals surface area contributed by atoms with Gasteiger partial charge in [0.1, 0.15) is 0 Å². The van der Waals surface area contributed by atoms with Crippen LogP contribution in [0.25, 0.3) is 0 Å². The number of carboxylic acid groups (broad SMARTS) is 1. The summed E-state index contributed by atoms with van der Waals surface area (Å²) in [6.45, 7) is 1.83. The molecule has 1 N–H and O–H groups in total. The topological polar surface area (TPSA) is 37.3 Å². The molecule has 15 heavy (non-hydrogen) atoms. The van der Waals surface area contributed by atoms with E-state index in [1.807, 2.05) is 31.2 Å². The van der Waals surface area contributed by atoms with E-state index in [2.05, 4.69) is 15.9 Å². The van der Waals surface area contributed by atoms with Crippen molar-refractivity contribution < 1.29 is 9.90 Å². The molecule has 0 amide bonds. The molecule has 0 aromatic heterocycles. The highest BCUT2D eigenvalue weighted by molar-refractivity contribution is 9.10. The molecule has 0 spiro atoms. The molecule has 0 bridgehead atoms. The Hall–Kier alpha value is -0.830. The van der Waals surface area contributed by atoms with Crippen molar-refractivity contribution in [2.75, 3.05) is 0 Å². The average Bonchev–Trinajstić information content (AvgIpc) is 3.00.